The van der Waals surface area contributed by atoms with E-state index in [1.165, 1.54) is 12.1 Å². The van der Waals surface area contributed by atoms with Crippen molar-refractivity contribution in [2.24, 2.45) is 0 Å². The molecule has 186 valence electrons. The smallest absolute Gasteiger partial charge is 0.234 e. The van der Waals surface area contributed by atoms with Gasteiger partial charge in [0.1, 0.15) is 46.0 Å². The molecule has 0 aliphatic carbocycles. The highest BCUT2D eigenvalue weighted by Crippen LogP contribution is 2.27. The van der Waals surface area contributed by atoms with E-state index >= 15 is 0 Å². The summed E-state index contributed by atoms with van der Waals surface area (Å²) in [6.07, 6.45) is 0. The van der Waals surface area contributed by atoms with Gasteiger partial charge < -0.3 is 22.1 Å². The van der Waals surface area contributed by atoms with Crippen LogP contribution in [0, 0.1) is 45.3 Å². The number of anilines is 4. The number of carbonyl (C=O) groups is 2. The molecule has 3 rings (SSSR count). The molecule has 14 heteroatoms. The van der Waals surface area contributed by atoms with Gasteiger partial charge in [0.05, 0.1) is 45.1 Å². The number of rotatable bonds is 8. The summed E-state index contributed by atoms with van der Waals surface area (Å²) < 4.78 is 0. The lowest BCUT2D eigenvalue weighted by atomic mass is 10.2. The number of nitrogens with zero attached hydrogens (tertiary/aromatic N) is 6. The Morgan fingerprint density at radius 2 is 1.08 bits per heavy atom. The van der Waals surface area contributed by atoms with E-state index in [0.717, 1.165) is 23.5 Å². The third kappa shape index (κ3) is 6.68. The highest BCUT2D eigenvalue weighted by Gasteiger charge is 2.16. The molecule has 38 heavy (non-hydrogen) atoms. The molecule has 0 fully saturated rings. The second kappa shape index (κ2) is 12.6. The van der Waals surface area contributed by atoms with Crippen LogP contribution < -0.4 is 22.1 Å². The Kier molecular flexibility index (Phi) is 9.06. The number of amides is 2. The Morgan fingerprint density at radius 3 is 1.42 bits per heavy atom. The molecular formula is C24H16N10O2S2. The van der Waals surface area contributed by atoms with E-state index in [1.54, 1.807) is 24.3 Å². The summed E-state index contributed by atoms with van der Waals surface area (Å²) in [7, 11) is 0. The van der Waals surface area contributed by atoms with Gasteiger partial charge in [-0.2, -0.15) is 21.0 Å². The molecule has 2 heterocycles. The average molecular weight is 541 g/mol. The first-order valence-corrected chi connectivity index (χ1v) is 12.4. The van der Waals surface area contributed by atoms with E-state index in [9.17, 15) is 20.1 Å². The Hall–Kier alpha value is -5.28. The van der Waals surface area contributed by atoms with E-state index in [4.69, 9.17) is 22.0 Å². The van der Waals surface area contributed by atoms with Crippen LogP contribution in [0.4, 0.5) is 23.0 Å². The molecule has 0 bridgehead atoms. The zero-order valence-corrected chi connectivity index (χ0v) is 21.0. The summed E-state index contributed by atoms with van der Waals surface area (Å²) >= 11 is 1.95. The minimum atomic E-state index is -0.435. The fourth-order valence-electron chi connectivity index (χ4n) is 2.92. The van der Waals surface area contributed by atoms with Crippen LogP contribution in [0.1, 0.15) is 22.3 Å². The number of para-hydroxylation sites is 2. The molecule has 0 radical (unpaired) electrons. The van der Waals surface area contributed by atoms with E-state index in [0.29, 0.717) is 11.4 Å². The molecule has 6 N–H and O–H groups in total. The Labute approximate surface area is 225 Å². The first-order chi connectivity index (χ1) is 18.3. The molecule has 0 aliphatic heterocycles. The van der Waals surface area contributed by atoms with Crippen LogP contribution in [-0.4, -0.2) is 33.3 Å². The Bertz CT molecular complexity index is 1480. The van der Waals surface area contributed by atoms with E-state index < -0.39 is 11.8 Å². The SMILES string of the molecule is N#Cc1cc(C#N)c(SCC(=O)Nc2ccccc2NC(=O)CSc2nc(N)c(C#N)cc2C#N)nc1N. The molecule has 0 aliphatic rings. The van der Waals surface area contributed by atoms with Gasteiger partial charge in [-0.3, -0.25) is 9.59 Å². The number of nitrogen functional groups attached to an aromatic ring is 2. The molecule has 0 saturated carbocycles. The fraction of sp³-hybridized carbons (Fsp3) is 0.0833. The maximum atomic E-state index is 12.6. The quantitative estimate of drug-likeness (QED) is 0.302. The van der Waals surface area contributed by atoms with Crippen molar-refractivity contribution < 1.29 is 9.59 Å². The summed E-state index contributed by atoms with van der Waals surface area (Å²) in [6, 6.07) is 16.7. The number of nitriles is 4. The molecule has 2 aromatic heterocycles. The van der Waals surface area contributed by atoms with Crippen LogP contribution in [0.15, 0.2) is 46.5 Å². The first kappa shape index (κ1) is 27.3. The van der Waals surface area contributed by atoms with Gasteiger partial charge in [-0.1, -0.05) is 35.7 Å². The van der Waals surface area contributed by atoms with E-state index in [2.05, 4.69) is 20.6 Å². The molecule has 3 aromatic rings. The van der Waals surface area contributed by atoms with Crippen LogP contribution in [0.25, 0.3) is 0 Å². The summed E-state index contributed by atoms with van der Waals surface area (Å²) in [6.45, 7) is 0. The Balaban J connectivity index is 1.64. The van der Waals surface area contributed by atoms with Crippen molar-refractivity contribution in [3.8, 4) is 24.3 Å². The molecule has 0 spiro atoms. The largest absolute Gasteiger partial charge is 0.383 e. The standard InChI is InChI=1S/C24H16N10O2S2/c25-7-13-5-15(9-27)23(33-21(13)29)37-11-19(35)31-17-3-1-2-4-18(17)32-20(36)12-38-24-16(10-28)6-14(8-26)22(30)34-24/h1-6H,11-12H2,(H2,29,33)(H2,30,34)(H,31,35)(H,32,36). The molecule has 12 nitrogen and oxygen atoms in total. The van der Waals surface area contributed by atoms with Crippen molar-refractivity contribution in [1.29, 1.82) is 21.0 Å². The van der Waals surface area contributed by atoms with Crippen molar-refractivity contribution >= 4 is 58.3 Å². The van der Waals surface area contributed by atoms with E-state index in [-0.39, 0.29) is 55.4 Å². The van der Waals surface area contributed by atoms with Gasteiger partial charge in [-0.25, -0.2) is 9.97 Å². The molecule has 0 saturated heterocycles. The second-order valence-corrected chi connectivity index (χ2v) is 9.14. The third-order valence-electron chi connectivity index (χ3n) is 4.67. The van der Waals surface area contributed by atoms with Crippen molar-refractivity contribution in [1.82, 2.24) is 9.97 Å². The normalized spacial score (nSPS) is 9.79. The number of aromatic nitrogens is 2. The van der Waals surface area contributed by atoms with Crippen LogP contribution >= 0.6 is 23.5 Å². The van der Waals surface area contributed by atoms with Crippen molar-refractivity contribution in [2.45, 2.75) is 10.1 Å². The minimum absolute atomic E-state index is 0.0406. The van der Waals surface area contributed by atoms with Gasteiger partial charge in [-0.05, 0) is 24.3 Å². The van der Waals surface area contributed by atoms with Crippen LogP contribution in [0.2, 0.25) is 0 Å². The topological polar surface area (TPSA) is 231 Å². The van der Waals surface area contributed by atoms with Crippen molar-refractivity contribution in [3.63, 3.8) is 0 Å². The number of carbonyl (C=O) groups excluding carboxylic acids is 2. The molecule has 0 atom stereocenters. The van der Waals surface area contributed by atoms with Crippen molar-refractivity contribution in [2.75, 3.05) is 33.6 Å². The molecule has 1 aromatic carbocycles. The lowest BCUT2D eigenvalue weighted by Crippen LogP contribution is -2.19. The Morgan fingerprint density at radius 1 is 0.711 bits per heavy atom. The van der Waals surface area contributed by atoms with Crippen LogP contribution in [0.5, 0.6) is 0 Å². The third-order valence-corrected chi connectivity index (χ3v) is 6.65. The average Bonchev–Trinajstić information content (AvgIpc) is 2.91. The fourth-order valence-corrected chi connectivity index (χ4v) is 4.45. The minimum Gasteiger partial charge on any atom is -0.383 e. The number of benzene rings is 1. The zero-order valence-electron chi connectivity index (χ0n) is 19.3. The van der Waals surface area contributed by atoms with Crippen LogP contribution in [0.3, 0.4) is 0 Å². The van der Waals surface area contributed by atoms with Gasteiger partial charge in [-0.15, -0.1) is 0 Å². The predicted molar refractivity (Wildman–Crippen MR) is 141 cm³/mol. The molecular weight excluding hydrogens is 524 g/mol. The van der Waals surface area contributed by atoms with Gasteiger partial charge in [0, 0.05) is 0 Å². The number of nitrogens with two attached hydrogens (primary N) is 2. The first-order valence-electron chi connectivity index (χ1n) is 10.4. The number of hydrogen-bond acceptors (Lipinski definition) is 12. The van der Waals surface area contributed by atoms with Crippen LogP contribution in [-0.2, 0) is 9.59 Å². The number of thioether (sulfide) groups is 2. The van der Waals surface area contributed by atoms with Gasteiger partial charge in [0.25, 0.3) is 0 Å². The molecule has 2 amide bonds. The summed E-state index contributed by atoms with van der Waals surface area (Å²) in [5.41, 5.74) is 12.5. The summed E-state index contributed by atoms with van der Waals surface area (Å²) in [5.74, 6) is -1.18. The highest BCUT2D eigenvalue weighted by atomic mass is 32.2. The second-order valence-electron chi connectivity index (χ2n) is 7.21. The summed E-state index contributed by atoms with van der Waals surface area (Å²) in [5, 5.41) is 42.5. The maximum Gasteiger partial charge on any atom is 0.234 e. The molecule has 0 unspecified atom stereocenters. The zero-order chi connectivity index (χ0) is 27.7. The number of pyridine rings is 2. The van der Waals surface area contributed by atoms with Gasteiger partial charge in [0.2, 0.25) is 11.8 Å². The van der Waals surface area contributed by atoms with Gasteiger partial charge >= 0.3 is 0 Å². The van der Waals surface area contributed by atoms with Crippen molar-refractivity contribution in [3.05, 3.63) is 58.7 Å². The lowest BCUT2D eigenvalue weighted by molar-refractivity contribution is -0.114. The number of nitrogens with one attached hydrogen (secondary N) is 2. The summed E-state index contributed by atoms with van der Waals surface area (Å²) in [4.78, 5) is 33.2. The monoisotopic (exact) mass is 540 g/mol. The van der Waals surface area contributed by atoms with Gasteiger partial charge in [0.15, 0.2) is 0 Å². The maximum absolute atomic E-state index is 12.6. The predicted octanol–water partition coefficient (Wildman–Crippen LogP) is 2.59. The lowest BCUT2D eigenvalue weighted by Gasteiger charge is -2.12. The van der Waals surface area contributed by atoms with E-state index in [1.807, 2.05) is 24.3 Å². The highest BCUT2D eigenvalue weighted by molar-refractivity contribution is 8.00. The number of hydrogen-bond donors (Lipinski definition) is 4.